The maximum Gasteiger partial charge on any atom is 0.259 e. The fourth-order valence-corrected chi connectivity index (χ4v) is 4.08. The molecule has 1 N–H and O–H groups in total. The van der Waals surface area contributed by atoms with Crippen LogP contribution in [0.4, 0.5) is 8.78 Å². The van der Waals surface area contributed by atoms with Crippen molar-refractivity contribution in [3.8, 4) is 0 Å². The summed E-state index contributed by atoms with van der Waals surface area (Å²) < 4.78 is 53.7. The SMILES string of the molecule is CCCS(=O)(=O)NC(=O)C1(C)CCN(C(=O)c2c(F)ccc(C)c2F)C1. The molecule has 6 nitrogen and oxygen atoms in total. The van der Waals surface area contributed by atoms with Gasteiger partial charge in [-0.2, -0.15) is 0 Å². The molecule has 0 radical (unpaired) electrons. The van der Waals surface area contributed by atoms with Gasteiger partial charge in [-0.05, 0) is 38.3 Å². The van der Waals surface area contributed by atoms with Gasteiger partial charge in [-0.1, -0.05) is 13.0 Å². The van der Waals surface area contributed by atoms with Crippen LogP contribution in [0.15, 0.2) is 12.1 Å². The average Bonchev–Trinajstić information content (AvgIpc) is 2.94. The molecule has 1 saturated heterocycles. The summed E-state index contributed by atoms with van der Waals surface area (Å²) in [6.45, 7) is 4.60. The zero-order valence-corrected chi connectivity index (χ0v) is 15.8. The first-order valence-electron chi connectivity index (χ1n) is 8.29. The molecule has 1 aromatic carbocycles. The molecule has 0 aliphatic carbocycles. The number of hydrogen-bond donors (Lipinski definition) is 1. The average molecular weight is 388 g/mol. The largest absolute Gasteiger partial charge is 0.337 e. The zero-order valence-electron chi connectivity index (χ0n) is 14.9. The number of nitrogens with zero attached hydrogens (tertiary/aromatic N) is 1. The van der Waals surface area contributed by atoms with E-state index in [-0.39, 0.29) is 30.8 Å². The van der Waals surface area contributed by atoms with E-state index in [0.717, 1.165) is 6.07 Å². The molecule has 0 saturated carbocycles. The van der Waals surface area contributed by atoms with E-state index >= 15 is 0 Å². The van der Waals surface area contributed by atoms with Crippen molar-refractivity contribution < 1.29 is 26.8 Å². The minimum atomic E-state index is -3.74. The van der Waals surface area contributed by atoms with E-state index in [0.29, 0.717) is 6.42 Å². The van der Waals surface area contributed by atoms with Crippen molar-refractivity contribution in [2.24, 2.45) is 5.41 Å². The lowest BCUT2D eigenvalue weighted by Gasteiger charge is -2.24. The Kier molecular flexibility index (Phi) is 5.70. The Hall–Kier alpha value is -2.03. The van der Waals surface area contributed by atoms with E-state index in [4.69, 9.17) is 0 Å². The zero-order chi connectivity index (χ0) is 19.7. The van der Waals surface area contributed by atoms with E-state index in [1.54, 1.807) is 6.92 Å². The minimum absolute atomic E-state index is 0.101. The summed E-state index contributed by atoms with van der Waals surface area (Å²) in [5.74, 6) is -3.65. The normalized spacial score (nSPS) is 20.3. The minimum Gasteiger partial charge on any atom is -0.337 e. The Morgan fingerprint density at radius 1 is 1.31 bits per heavy atom. The molecule has 1 aliphatic rings. The topological polar surface area (TPSA) is 83.6 Å². The Balaban J connectivity index is 2.18. The maximum absolute atomic E-state index is 14.2. The highest BCUT2D eigenvalue weighted by Crippen LogP contribution is 2.32. The number of amides is 2. The molecule has 0 aromatic heterocycles. The molecule has 9 heteroatoms. The van der Waals surface area contributed by atoms with Crippen molar-refractivity contribution in [2.45, 2.75) is 33.6 Å². The number of aryl methyl sites for hydroxylation is 1. The molecule has 144 valence electrons. The standard InChI is InChI=1S/C17H22F2N2O4S/c1-4-9-26(24,25)20-16(23)17(3)7-8-21(10-17)15(22)13-12(18)6-5-11(2)14(13)19/h5-6H,4,7-10H2,1-3H3,(H,20,23). The van der Waals surface area contributed by atoms with E-state index in [1.165, 1.54) is 24.8 Å². The fourth-order valence-electron chi connectivity index (χ4n) is 2.91. The van der Waals surface area contributed by atoms with Crippen molar-refractivity contribution in [3.63, 3.8) is 0 Å². The van der Waals surface area contributed by atoms with Crippen LogP contribution < -0.4 is 4.72 Å². The predicted molar refractivity (Wildman–Crippen MR) is 91.9 cm³/mol. The lowest BCUT2D eigenvalue weighted by atomic mass is 9.89. The molecule has 1 aromatic rings. The summed E-state index contributed by atoms with van der Waals surface area (Å²) in [4.78, 5) is 26.1. The van der Waals surface area contributed by atoms with Gasteiger partial charge in [0, 0.05) is 13.1 Å². The third-order valence-corrected chi connectivity index (χ3v) is 5.97. The molecule has 2 rings (SSSR count). The molecule has 1 aliphatic heterocycles. The molecule has 0 spiro atoms. The second-order valence-corrected chi connectivity index (χ2v) is 8.68. The molecule has 26 heavy (non-hydrogen) atoms. The quantitative estimate of drug-likeness (QED) is 0.836. The van der Waals surface area contributed by atoms with Crippen LogP contribution in [0.25, 0.3) is 0 Å². The van der Waals surface area contributed by atoms with Gasteiger partial charge in [0.25, 0.3) is 5.91 Å². The van der Waals surface area contributed by atoms with Gasteiger partial charge in [-0.25, -0.2) is 17.2 Å². The van der Waals surface area contributed by atoms with Crippen LogP contribution in [0, 0.1) is 24.0 Å². The number of carbonyl (C=O) groups excluding carboxylic acids is 2. The van der Waals surface area contributed by atoms with Crippen molar-refractivity contribution in [3.05, 3.63) is 34.9 Å². The second-order valence-electron chi connectivity index (χ2n) is 6.84. The molecule has 0 bridgehead atoms. The summed E-state index contributed by atoms with van der Waals surface area (Å²) in [7, 11) is -3.74. The van der Waals surface area contributed by atoms with Gasteiger partial charge >= 0.3 is 0 Å². The van der Waals surface area contributed by atoms with Crippen LogP contribution in [0.5, 0.6) is 0 Å². The first-order chi connectivity index (χ1) is 12.0. The molecule has 1 heterocycles. The van der Waals surface area contributed by atoms with Crippen LogP contribution in [-0.4, -0.2) is 44.0 Å². The Morgan fingerprint density at radius 3 is 2.58 bits per heavy atom. The summed E-state index contributed by atoms with van der Waals surface area (Å²) in [5, 5.41) is 0. The van der Waals surface area contributed by atoms with Gasteiger partial charge in [0.15, 0.2) is 0 Å². The van der Waals surface area contributed by atoms with Crippen LogP contribution in [0.2, 0.25) is 0 Å². The van der Waals surface area contributed by atoms with Gasteiger partial charge in [-0.15, -0.1) is 0 Å². The molecule has 2 amide bonds. The number of likely N-dealkylation sites (tertiary alicyclic amines) is 1. The molecular formula is C17H22F2N2O4S. The van der Waals surface area contributed by atoms with Gasteiger partial charge in [0.05, 0.1) is 11.2 Å². The van der Waals surface area contributed by atoms with E-state index in [2.05, 4.69) is 0 Å². The van der Waals surface area contributed by atoms with E-state index in [9.17, 15) is 26.8 Å². The summed E-state index contributed by atoms with van der Waals surface area (Å²) in [6, 6.07) is 2.26. The molecule has 1 unspecified atom stereocenters. The highest BCUT2D eigenvalue weighted by Gasteiger charge is 2.44. The highest BCUT2D eigenvalue weighted by atomic mass is 32.2. The molecular weight excluding hydrogens is 366 g/mol. The first kappa shape index (κ1) is 20.3. The van der Waals surface area contributed by atoms with Gasteiger partial charge in [0.1, 0.15) is 17.2 Å². The number of hydrogen-bond acceptors (Lipinski definition) is 4. The Labute approximate surface area is 151 Å². The summed E-state index contributed by atoms with van der Waals surface area (Å²) in [5.41, 5.74) is -1.67. The Bertz CT molecular complexity index is 841. The lowest BCUT2D eigenvalue weighted by Crippen LogP contribution is -2.45. The number of rotatable bonds is 5. The van der Waals surface area contributed by atoms with Crippen molar-refractivity contribution in [2.75, 3.05) is 18.8 Å². The first-order valence-corrected chi connectivity index (χ1v) is 9.95. The fraction of sp³-hybridized carbons (Fsp3) is 0.529. The number of nitrogens with one attached hydrogen (secondary N) is 1. The van der Waals surface area contributed by atoms with Gasteiger partial charge < -0.3 is 4.90 Å². The Morgan fingerprint density at radius 2 is 1.96 bits per heavy atom. The lowest BCUT2D eigenvalue weighted by molar-refractivity contribution is -0.127. The maximum atomic E-state index is 14.2. The monoisotopic (exact) mass is 388 g/mol. The smallest absolute Gasteiger partial charge is 0.259 e. The van der Waals surface area contributed by atoms with Crippen LogP contribution in [0.1, 0.15) is 42.6 Å². The highest BCUT2D eigenvalue weighted by molar-refractivity contribution is 7.90. The number of carbonyl (C=O) groups is 2. The predicted octanol–water partition coefficient (Wildman–Crippen LogP) is 1.98. The van der Waals surface area contributed by atoms with Gasteiger partial charge in [-0.3, -0.25) is 14.3 Å². The summed E-state index contributed by atoms with van der Waals surface area (Å²) in [6.07, 6.45) is 0.553. The second kappa shape index (κ2) is 7.30. The van der Waals surface area contributed by atoms with E-state index < -0.39 is 44.5 Å². The third-order valence-electron chi connectivity index (χ3n) is 4.53. The van der Waals surface area contributed by atoms with Crippen molar-refractivity contribution in [1.29, 1.82) is 0 Å². The van der Waals surface area contributed by atoms with Gasteiger partial charge in [0.2, 0.25) is 15.9 Å². The van der Waals surface area contributed by atoms with Crippen LogP contribution in [-0.2, 0) is 14.8 Å². The molecule has 1 fully saturated rings. The van der Waals surface area contributed by atoms with E-state index in [1.807, 2.05) is 4.72 Å². The number of halogens is 2. The number of sulfonamides is 1. The van der Waals surface area contributed by atoms with Crippen LogP contribution >= 0.6 is 0 Å². The van der Waals surface area contributed by atoms with Crippen LogP contribution in [0.3, 0.4) is 0 Å². The molecule has 1 atom stereocenters. The van der Waals surface area contributed by atoms with Crippen molar-refractivity contribution in [1.82, 2.24) is 9.62 Å². The third kappa shape index (κ3) is 4.03. The number of benzene rings is 1. The summed E-state index contributed by atoms with van der Waals surface area (Å²) >= 11 is 0. The van der Waals surface area contributed by atoms with Crippen molar-refractivity contribution >= 4 is 21.8 Å².